The Hall–Kier alpha value is -2.80. The molecular weight excluding hydrogens is 415 g/mol. The molecule has 0 saturated heterocycles. The average molecular weight is 438 g/mol. The van der Waals surface area contributed by atoms with Gasteiger partial charge in [0.1, 0.15) is 12.4 Å². The van der Waals surface area contributed by atoms with Gasteiger partial charge in [0.15, 0.2) is 5.69 Å². The topological polar surface area (TPSA) is 75.5 Å². The number of rotatable bonds is 6. The fourth-order valence-electron chi connectivity index (χ4n) is 3.86. The van der Waals surface area contributed by atoms with E-state index < -0.39 is 11.4 Å². The Kier molecular flexibility index (Phi) is 7.61. The smallest absolute Gasteiger partial charge is 0.489 e. The molecule has 0 aliphatic rings. The normalized spacial score (nSPS) is 10.6. The maximum absolute atomic E-state index is 11.5. The molecule has 1 aromatic heterocycles. The molecule has 158 valence electrons. The number of nitrogens with zero attached hydrogens (tertiary/aromatic N) is 2. The van der Waals surface area contributed by atoms with Crippen molar-refractivity contribution in [1.82, 2.24) is 9.72 Å². The van der Waals surface area contributed by atoms with Crippen LogP contribution >= 0.6 is 0 Å². The van der Waals surface area contributed by atoms with E-state index in [4.69, 9.17) is 9.26 Å². The molecule has 0 spiro atoms. The molecule has 32 heavy (non-hydrogen) atoms. The van der Waals surface area contributed by atoms with Gasteiger partial charge in [-0.25, -0.2) is 4.79 Å². The molecule has 0 atom stereocenters. The zero-order chi connectivity index (χ0) is 22.0. The van der Waals surface area contributed by atoms with Crippen LogP contribution in [0.25, 0.3) is 11.1 Å². The van der Waals surface area contributed by atoms with Crippen molar-refractivity contribution in [2.24, 2.45) is 0 Å². The van der Waals surface area contributed by atoms with Gasteiger partial charge in [-0.3, -0.25) is 9.53 Å². The van der Waals surface area contributed by atoms with Crippen LogP contribution in [0.4, 0.5) is 0 Å². The first-order valence-corrected chi connectivity index (χ1v) is 10.0. The minimum absolute atomic E-state index is 0. The van der Waals surface area contributed by atoms with Crippen LogP contribution in [0, 0.1) is 20.8 Å². The summed E-state index contributed by atoms with van der Waals surface area (Å²) in [6, 6.07) is 20.1. The van der Waals surface area contributed by atoms with E-state index >= 15 is 0 Å². The summed E-state index contributed by atoms with van der Waals surface area (Å²) in [4.78, 5) is 25.7. The van der Waals surface area contributed by atoms with Gasteiger partial charge in [-0.15, -0.1) is 0 Å². The van der Waals surface area contributed by atoms with Crippen molar-refractivity contribution >= 4 is 0 Å². The first-order valence-electron chi connectivity index (χ1n) is 10.0. The van der Waals surface area contributed by atoms with Gasteiger partial charge in [0.25, 0.3) is 0 Å². The molecule has 1 heterocycles. The summed E-state index contributed by atoms with van der Waals surface area (Å²) >= 11 is 0. The molecule has 6 nitrogen and oxygen atoms in total. The average Bonchev–Trinajstić information content (AvgIpc) is 3.04. The number of benzene rings is 3. The van der Waals surface area contributed by atoms with Gasteiger partial charge in [-0.05, 0) is 72.4 Å². The molecule has 0 unspecified atom stereocenters. The molecule has 3 aromatic carbocycles. The molecule has 0 aliphatic carbocycles. The van der Waals surface area contributed by atoms with E-state index in [-0.39, 0.29) is 36.1 Å². The number of ether oxygens (including phenoxy) is 1. The Morgan fingerprint density at radius 2 is 1.59 bits per heavy atom. The Bertz CT molecular complexity index is 1310. The number of aryl methyl sites for hydroxylation is 3. The van der Waals surface area contributed by atoms with Crippen molar-refractivity contribution in [3.8, 4) is 16.9 Å². The summed E-state index contributed by atoms with van der Waals surface area (Å²) in [5, 5.41) is 0. The van der Waals surface area contributed by atoms with Crippen molar-refractivity contribution in [2.45, 2.75) is 33.9 Å². The fourth-order valence-corrected chi connectivity index (χ4v) is 3.86. The number of hydrogen-bond donors (Lipinski definition) is 0. The molecule has 0 aliphatic heterocycles. The Morgan fingerprint density at radius 1 is 0.906 bits per heavy atom. The van der Waals surface area contributed by atoms with Crippen molar-refractivity contribution in [1.29, 1.82) is 0 Å². The van der Waals surface area contributed by atoms with Gasteiger partial charge < -0.3 is 14.2 Å². The zero-order valence-corrected chi connectivity index (χ0v) is 20.7. The summed E-state index contributed by atoms with van der Waals surface area (Å²) in [7, 11) is 0. The minimum Gasteiger partial charge on any atom is -0.489 e. The molecule has 4 rings (SSSR count). The van der Waals surface area contributed by atoms with Crippen LogP contribution < -0.4 is 50.7 Å². The van der Waals surface area contributed by atoms with Crippen molar-refractivity contribution in [3.63, 3.8) is 0 Å². The Balaban J connectivity index is 0.00000289. The number of aromatic nitrogens is 2. The third-order valence-electron chi connectivity index (χ3n) is 5.14. The van der Waals surface area contributed by atoms with Gasteiger partial charge in [-0.2, -0.15) is 0 Å². The predicted octanol–water partition coefficient (Wildman–Crippen LogP) is 0.982. The van der Waals surface area contributed by atoms with Crippen LogP contribution in [0.3, 0.4) is 0 Å². The summed E-state index contributed by atoms with van der Waals surface area (Å²) in [6.45, 7) is 6.99. The van der Waals surface area contributed by atoms with E-state index in [1.54, 1.807) is 0 Å². The molecule has 0 bridgehead atoms. The van der Waals surface area contributed by atoms with Gasteiger partial charge in [0.2, 0.25) is 0 Å². The van der Waals surface area contributed by atoms with E-state index in [9.17, 15) is 9.59 Å². The third-order valence-corrected chi connectivity index (χ3v) is 5.14. The Labute approximate surface area is 208 Å². The van der Waals surface area contributed by atoms with Gasteiger partial charge in [-0.1, -0.05) is 48.0 Å². The number of hydrogen-bond acceptors (Lipinski definition) is 4. The quantitative estimate of drug-likeness (QED) is 0.420. The summed E-state index contributed by atoms with van der Waals surface area (Å²) in [5.74, 6) is -0.172. The van der Waals surface area contributed by atoms with Gasteiger partial charge >= 0.3 is 35.3 Å². The molecule has 0 fully saturated rings. The van der Waals surface area contributed by atoms with Crippen molar-refractivity contribution in [2.75, 3.05) is 0 Å². The van der Waals surface area contributed by atoms with Crippen LogP contribution in [0.1, 0.15) is 27.8 Å². The zero-order valence-electron chi connectivity index (χ0n) is 18.7. The van der Waals surface area contributed by atoms with Crippen LogP contribution in [0.2, 0.25) is 0 Å². The van der Waals surface area contributed by atoms with E-state index in [2.05, 4.69) is 56.1 Å². The molecule has 4 aromatic rings. The second-order valence-electron chi connectivity index (χ2n) is 7.69. The summed E-state index contributed by atoms with van der Waals surface area (Å²) in [6.07, 6.45) is 0. The third kappa shape index (κ3) is 5.51. The van der Waals surface area contributed by atoms with Crippen LogP contribution in [-0.2, 0) is 13.2 Å². The molecule has 0 saturated carbocycles. The minimum atomic E-state index is -0.886. The molecule has 0 amide bonds. The van der Waals surface area contributed by atoms with Crippen molar-refractivity contribution < 1.29 is 38.8 Å². The summed E-state index contributed by atoms with van der Waals surface area (Å²) in [5.41, 5.74) is 7.44. The monoisotopic (exact) mass is 438 g/mol. The van der Waals surface area contributed by atoms with Crippen molar-refractivity contribution in [3.05, 3.63) is 110 Å². The van der Waals surface area contributed by atoms with Gasteiger partial charge in [0, 0.05) is 6.54 Å². The fraction of sp³-hybridized carbons (Fsp3) is 0.200. The second-order valence-corrected chi connectivity index (χ2v) is 7.69. The molecule has 0 radical (unpaired) electrons. The van der Waals surface area contributed by atoms with Gasteiger partial charge in [0.05, 0.1) is 0 Å². The SMILES string of the molecule is Cc1cc(C)c(-c2cccc(COc3ccc(Cn4oc(=O)[n-]c4=O)cc3)c2)c(C)c1.[Na+]. The summed E-state index contributed by atoms with van der Waals surface area (Å²) < 4.78 is 11.6. The maximum Gasteiger partial charge on any atom is 1.00 e. The van der Waals surface area contributed by atoms with E-state index in [0.717, 1.165) is 15.9 Å². The van der Waals surface area contributed by atoms with E-state index in [0.29, 0.717) is 12.4 Å². The first-order chi connectivity index (χ1) is 14.9. The first kappa shape index (κ1) is 23.9. The maximum atomic E-state index is 11.5. The Morgan fingerprint density at radius 3 is 2.22 bits per heavy atom. The van der Waals surface area contributed by atoms with Crippen LogP contribution in [-0.4, -0.2) is 4.74 Å². The van der Waals surface area contributed by atoms with Crippen LogP contribution in [0.15, 0.2) is 74.8 Å². The largest absolute Gasteiger partial charge is 1.00 e. The molecular formula is C25H23N2NaO4. The standard InChI is InChI=1S/C25H24N2O4.Na/c1-16-11-17(2)23(18(3)12-16)21-6-4-5-20(13-21)15-30-22-9-7-19(8-10-22)14-27-24(28)26-25(29)31-27;/h4-13H,14-15H2,1-3H3,(H,26,28,29);/q;+1/p-1. The predicted molar refractivity (Wildman–Crippen MR) is 119 cm³/mol. The van der Waals surface area contributed by atoms with E-state index in [1.165, 1.54) is 27.8 Å². The molecule has 0 N–H and O–H groups in total. The van der Waals surface area contributed by atoms with E-state index in [1.807, 2.05) is 30.3 Å². The van der Waals surface area contributed by atoms with Crippen LogP contribution in [0.5, 0.6) is 5.75 Å². The molecule has 7 heteroatoms. The second kappa shape index (κ2) is 10.2.